The number of hydrogen-bond donors (Lipinski definition) is 2. The Labute approximate surface area is 131 Å². The minimum atomic E-state index is -0.926. The van der Waals surface area contributed by atoms with E-state index in [9.17, 15) is 9.59 Å². The fourth-order valence-corrected chi connectivity index (χ4v) is 2.33. The van der Waals surface area contributed by atoms with E-state index >= 15 is 0 Å². The molecule has 0 aromatic rings. The number of carboxylic acid groups (broad SMARTS) is 1. The van der Waals surface area contributed by atoms with Gasteiger partial charge in [-0.1, -0.05) is 6.58 Å². The molecule has 1 aliphatic carbocycles. The summed E-state index contributed by atoms with van der Waals surface area (Å²) in [6.07, 6.45) is 3.84. The van der Waals surface area contributed by atoms with Crippen LogP contribution in [0, 0.1) is 0 Å². The van der Waals surface area contributed by atoms with Crippen LogP contribution in [0.15, 0.2) is 12.3 Å². The highest BCUT2D eigenvalue weighted by atomic mass is 16.6. The second kappa shape index (κ2) is 8.06. The van der Waals surface area contributed by atoms with E-state index in [1.807, 2.05) is 0 Å². The van der Waals surface area contributed by atoms with Gasteiger partial charge in [-0.2, -0.15) is 0 Å². The maximum Gasteiger partial charge on any atom is 0.408 e. The number of ether oxygens (including phenoxy) is 2. The number of carboxylic acids is 1. The molecule has 0 aromatic carbocycles. The topological polar surface area (TPSA) is 84.9 Å². The zero-order valence-corrected chi connectivity index (χ0v) is 13.7. The Balaban J connectivity index is 2.59. The molecule has 6 heteroatoms. The first-order valence-electron chi connectivity index (χ1n) is 7.74. The SMILES string of the molecule is C=C(OC1CCCC1)[C@H](CCC(=O)O)NC(=O)OC(C)(C)C. The summed E-state index contributed by atoms with van der Waals surface area (Å²) >= 11 is 0. The quantitative estimate of drug-likeness (QED) is 0.705. The first kappa shape index (κ1) is 18.3. The molecule has 1 saturated carbocycles. The highest BCUT2D eigenvalue weighted by Crippen LogP contribution is 2.24. The van der Waals surface area contributed by atoms with Crippen molar-refractivity contribution >= 4 is 12.1 Å². The van der Waals surface area contributed by atoms with E-state index in [-0.39, 0.29) is 18.9 Å². The normalized spacial score (nSPS) is 16.9. The Hall–Kier alpha value is -1.72. The number of rotatable bonds is 7. The van der Waals surface area contributed by atoms with Gasteiger partial charge < -0.3 is 19.9 Å². The summed E-state index contributed by atoms with van der Waals surface area (Å²) < 4.78 is 11.0. The van der Waals surface area contributed by atoms with Gasteiger partial charge in [0.05, 0.1) is 12.1 Å². The lowest BCUT2D eigenvalue weighted by Gasteiger charge is -2.26. The van der Waals surface area contributed by atoms with Crippen LogP contribution in [0.4, 0.5) is 4.79 Å². The minimum absolute atomic E-state index is 0.0759. The summed E-state index contributed by atoms with van der Waals surface area (Å²) in [6, 6.07) is -0.563. The predicted octanol–water partition coefficient (Wildman–Crippen LogP) is 3.22. The molecule has 0 bridgehead atoms. The average molecular weight is 313 g/mol. The first-order valence-corrected chi connectivity index (χ1v) is 7.74. The van der Waals surface area contributed by atoms with Crippen LogP contribution in [0.5, 0.6) is 0 Å². The molecule has 0 aliphatic heterocycles. The number of aliphatic carboxylic acids is 1. The summed E-state index contributed by atoms with van der Waals surface area (Å²) in [4.78, 5) is 22.6. The van der Waals surface area contributed by atoms with E-state index in [1.54, 1.807) is 20.8 Å². The van der Waals surface area contributed by atoms with Crippen molar-refractivity contribution in [1.29, 1.82) is 0 Å². The van der Waals surface area contributed by atoms with E-state index in [0.29, 0.717) is 5.76 Å². The first-order chi connectivity index (χ1) is 10.2. The molecule has 0 radical (unpaired) electrons. The largest absolute Gasteiger partial charge is 0.493 e. The van der Waals surface area contributed by atoms with Crippen LogP contribution in [0.3, 0.4) is 0 Å². The van der Waals surface area contributed by atoms with Crippen LogP contribution in [0.1, 0.15) is 59.3 Å². The lowest BCUT2D eigenvalue weighted by atomic mass is 10.1. The third-order valence-electron chi connectivity index (χ3n) is 3.35. The molecule has 1 fully saturated rings. The van der Waals surface area contributed by atoms with Gasteiger partial charge in [-0.25, -0.2) is 4.79 Å². The van der Waals surface area contributed by atoms with Gasteiger partial charge in [-0.15, -0.1) is 0 Å². The molecule has 0 heterocycles. The number of alkyl carbamates (subject to hydrolysis) is 1. The van der Waals surface area contributed by atoms with Gasteiger partial charge in [0.1, 0.15) is 11.4 Å². The van der Waals surface area contributed by atoms with Gasteiger partial charge in [-0.3, -0.25) is 4.79 Å². The van der Waals surface area contributed by atoms with Gasteiger partial charge in [0.2, 0.25) is 0 Å². The van der Waals surface area contributed by atoms with Crippen molar-refractivity contribution in [1.82, 2.24) is 5.32 Å². The zero-order valence-electron chi connectivity index (χ0n) is 13.7. The van der Waals surface area contributed by atoms with Crippen LogP contribution < -0.4 is 5.32 Å². The van der Waals surface area contributed by atoms with Gasteiger partial charge >= 0.3 is 12.1 Å². The standard InChI is InChI=1S/C16H27NO5/c1-11(21-12-7-5-6-8-12)13(9-10-14(18)19)17-15(20)22-16(2,3)4/h12-13H,1,5-10H2,2-4H3,(H,17,20)(H,18,19)/t13-/m0/s1. The van der Waals surface area contributed by atoms with Gasteiger partial charge in [-0.05, 0) is 52.9 Å². The average Bonchev–Trinajstić information content (AvgIpc) is 2.84. The molecule has 1 aliphatic rings. The van der Waals surface area contributed by atoms with Crippen molar-refractivity contribution in [2.45, 2.75) is 77.0 Å². The molecule has 0 saturated heterocycles. The van der Waals surface area contributed by atoms with E-state index in [4.69, 9.17) is 14.6 Å². The van der Waals surface area contributed by atoms with Crippen LogP contribution in [0.2, 0.25) is 0 Å². The second-order valence-corrected chi connectivity index (χ2v) is 6.62. The van der Waals surface area contributed by atoms with Crippen LogP contribution in [0.25, 0.3) is 0 Å². The third kappa shape index (κ3) is 7.33. The third-order valence-corrected chi connectivity index (χ3v) is 3.35. The molecular formula is C16H27NO5. The molecule has 1 rings (SSSR count). The molecule has 2 N–H and O–H groups in total. The van der Waals surface area contributed by atoms with E-state index in [1.165, 1.54) is 0 Å². The lowest BCUT2D eigenvalue weighted by Crippen LogP contribution is -2.41. The van der Waals surface area contributed by atoms with Crippen molar-refractivity contribution < 1.29 is 24.2 Å². The van der Waals surface area contributed by atoms with Gasteiger partial charge in [0.15, 0.2) is 0 Å². The number of carbonyl (C=O) groups excluding carboxylic acids is 1. The number of nitrogens with one attached hydrogen (secondary N) is 1. The molecular weight excluding hydrogens is 286 g/mol. The number of amides is 1. The highest BCUT2D eigenvalue weighted by Gasteiger charge is 2.25. The summed E-state index contributed by atoms with van der Waals surface area (Å²) in [5.74, 6) is -0.524. The Bertz CT molecular complexity index is 407. The number of carbonyl (C=O) groups is 2. The van der Waals surface area contributed by atoms with E-state index < -0.39 is 23.7 Å². The Morgan fingerprint density at radius 3 is 2.41 bits per heavy atom. The predicted molar refractivity (Wildman–Crippen MR) is 82.5 cm³/mol. The molecule has 126 valence electrons. The monoisotopic (exact) mass is 313 g/mol. The minimum Gasteiger partial charge on any atom is -0.493 e. The summed E-state index contributed by atoms with van der Waals surface area (Å²) in [5.41, 5.74) is -0.616. The van der Waals surface area contributed by atoms with Crippen LogP contribution in [-0.4, -0.2) is 34.9 Å². The van der Waals surface area contributed by atoms with E-state index in [0.717, 1.165) is 25.7 Å². The number of hydrogen-bond acceptors (Lipinski definition) is 4. The van der Waals surface area contributed by atoms with Crippen molar-refractivity contribution in [3.05, 3.63) is 12.3 Å². The van der Waals surface area contributed by atoms with Crippen LogP contribution >= 0.6 is 0 Å². The van der Waals surface area contributed by atoms with Gasteiger partial charge in [0, 0.05) is 6.42 Å². The Morgan fingerprint density at radius 1 is 1.32 bits per heavy atom. The van der Waals surface area contributed by atoms with Crippen molar-refractivity contribution in [2.24, 2.45) is 0 Å². The smallest absolute Gasteiger partial charge is 0.408 e. The van der Waals surface area contributed by atoms with Crippen molar-refractivity contribution in [2.75, 3.05) is 0 Å². The van der Waals surface area contributed by atoms with Crippen molar-refractivity contribution in [3.8, 4) is 0 Å². The molecule has 0 unspecified atom stereocenters. The zero-order chi connectivity index (χ0) is 16.8. The molecule has 0 spiro atoms. The summed E-state index contributed by atoms with van der Waals surface area (Å²) in [6.45, 7) is 9.16. The lowest BCUT2D eigenvalue weighted by molar-refractivity contribution is -0.137. The van der Waals surface area contributed by atoms with Gasteiger partial charge in [0.25, 0.3) is 0 Å². The molecule has 1 atom stereocenters. The maximum atomic E-state index is 11.9. The fourth-order valence-electron chi connectivity index (χ4n) is 2.33. The fraction of sp³-hybridized carbons (Fsp3) is 0.750. The highest BCUT2D eigenvalue weighted by molar-refractivity contribution is 5.69. The Kier molecular flexibility index (Phi) is 6.71. The Morgan fingerprint density at radius 2 is 1.91 bits per heavy atom. The molecule has 0 aromatic heterocycles. The summed E-state index contributed by atoms with van der Waals surface area (Å²) in [7, 11) is 0. The summed E-state index contributed by atoms with van der Waals surface area (Å²) in [5, 5.41) is 11.5. The van der Waals surface area contributed by atoms with E-state index in [2.05, 4.69) is 11.9 Å². The second-order valence-electron chi connectivity index (χ2n) is 6.62. The van der Waals surface area contributed by atoms with Crippen molar-refractivity contribution in [3.63, 3.8) is 0 Å². The molecule has 1 amide bonds. The molecule has 6 nitrogen and oxygen atoms in total. The maximum absolute atomic E-state index is 11.9. The molecule has 22 heavy (non-hydrogen) atoms. The van der Waals surface area contributed by atoms with Crippen LogP contribution in [-0.2, 0) is 14.3 Å².